The van der Waals surface area contributed by atoms with Gasteiger partial charge in [0, 0.05) is 6.54 Å². The molecule has 1 aliphatic carbocycles. The number of amides is 1. The molecule has 1 amide bonds. The largest absolute Gasteiger partial charge is 0.467 e. The molecule has 100 valence electrons. The molecule has 1 aliphatic rings. The number of hydrogen-bond donors (Lipinski definition) is 2. The Morgan fingerprint density at radius 2 is 2.06 bits per heavy atom. The third kappa shape index (κ3) is 2.93. The maximum Gasteiger partial charge on any atom is 0.227 e. The quantitative estimate of drug-likeness (QED) is 0.805. The fourth-order valence-electron chi connectivity index (χ4n) is 2.70. The summed E-state index contributed by atoms with van der Waals surface area (Å²) < 4.78 is 5.22. The molecule has 1 aromatic heterocycles. The monoisotopic (exact) mass is 250 g/mol. The van der Waals surface area contributed by atoms with Gasteiger partial charge in [0.1, 0.15) is 5.76 Å². The number of hydrogen-bond acceptors (Lipinski definition) is 3. The van der Waals surface area contributed by atoms with Gasteiger partial charge < -0.3 is 15.5 Å². The van der Waals surface area contributed by atoms with Crippen molar-refractivity contribution in [2.24, 2.45) is 11.1 Å². The van der Waals surface area contributed by atoms with E-state index in [-0.39, 0.29) is 11.3 Å². The lowest BCUT2D eigenvalue weighted by Crippen LogP contribution is -2.45. The molecule has 0 unspecified atom stereocenters. The lowest BCUT2D eigenvalue weighted by molar-refractivity contribution is -0.131. The summed E-state index contributed by atoms with van der Waals surface area (Å²) >= 11 is 0. The van der Waals surface area contributed by atoms with E-state index in [4.69, 9.17) is 10.2 Å². The first-order valence-corrected chi connectivity index (χ1v) is 6.78. The van der Waals surface area contributed by atoms with Crippen LogP contribution in [-0.4, -0.2) is 12.5 Å². The molecule has 0 spiro atoms. The molecule has 4 nitrogen and oxygen atoms in total. The number of nitrogens with one attached hydrogen (secondary N) is 1. The van der Waals surface area contributed by atoms with Crippen LogP contribution in [0.5, 0.6) is 0 Å². The lowest BCUT2D eigenvalue weighted by Gasteiger charge is -2.29. The number of furan rings is 1. The van der Waals surface area contributed by atoms with Crippen molar-refractivity contribution < 1.29 is 9.21 Å². The van der Waals surface area contributed by atoms with Crippen molar-refractivity contribution in [1.82, 2.24) is 5.32 Å². The molecule has 0 aliphatic heterocycles. The minimum Gasteiger partial charge on any atom is -0.467 e. The van der Waals surface area contributed by atoms with Gasteiger partial charge in [-0.2, -0.15) is 0 Å². The molecule has 0 saturated heterocycles. The molecule has 1 saturated carbocycles. The summed E-state index contributed by atoms with van der Waals surface area (Å²) in [6.45, 7) is 0.893. The minimum atomic E-state index is -0.358. The van der Waals surface area contributed by atoms with E-state index in [0.717, 1.165) is 31.4 Å². The van der Waals surface area contributed by atoms with Crippen LogP contribution in [0.2, 0.25) is 0 Å². The highest BCUT2D eigenvalue weighted by Crippen LogP contribution is 2.34. The molecule has 0 radical (unpaired) electrons. The highest BCUT2D eigenvalue weighted by molar-refractivity contribution is 5.82. The van der Waals surface area contributed by atoms with Crippen molar-refractivity contribution in [3.05, 3.63) is 24.2 Å². The van der Waals surface area contributed by atoms with Crippen molar-refractivity contribution in [1.29, 1.82) is 0 Å². The maximum absolute atomic E-state index is 12.4. The predicted octanol–water partition coefficient (Wildman–Crippen LogP) is 2.20. The van der Waals surface area contributed by atoms with Gasteiger partial charge in [0.25, 0.3) is 0 Å². The van der Waals surface area contributed by atoms with Crippen LogP contribution in [0.15, 0.2) is 22.8 Å². The van der Waals surface area contributed by atoms with Crippen molar-refractivity contribution in [3.8, 4) is 0 Å². The molecule has 18 heavy (non-hydrogen) atoms. The van der Waals surface area contributed by atoms with Crippen molar-refractivity contribution in [2.75, 3.05) is 6.54 Å². The van der Waals surface area contributed by atoms with Gasteiger partial charge in [0.15, 0.2) is 0 Å². The van der Waals surface area contributed by atoms with E-state index in [9.17, 15) is 4.79 Å². The van der Waals surface area contributed by atoms with Crippen molar-refractivity contribution in [3.63, 3.8) is 0 Å². The second-order valence-electron chi connectivity index (χ2n) is 5.16. The molecule has 1 aromatic rings. The molecule has 2 rings (SSSR count). The molecule has 0 atom stereocenters. The van der Waals surface area contributed by atoms with E-state index in [1.807, 2.05) is 12.1 Å². The zero-order chi connectivity index (χ0) is 12.8. The van der Waals surface area contributed by atoms with Crippen LogP contribution in [0.4, 0.5) is 0 Å². The average Bonchev–Trinajstić information content (AvgIpc) is 2.79. The zero-order valence-corrected chi connectivity index (χ0v) is 10.8. The first-order chi connectivity index (χ1) is 8.77. The van der Waals surface area contributed by atoms with Gasteiger partial charge >= 0.3 is 0 Å². The number of rotatable bonds is 4. The smallest absolute Gasteiger partial charge is 0.227 e. The van der Waals surface area contributed by atoms with Crippen LogP contribution in [0.1, 0.15) is 44.3 Å². The summed E-state index contributed by atoms with van der Waals surface area (Å²) in [7, 11) is 0. The van der Waals surface area contributed by atoms with Gasteiger partial charge in [0.05, 0.1) is 18.2 Å². The summed E-state index contributed by atoms with van der Waals surface area (Å²) in [5, 5.41) is 2.96. The van der Waals surface area contributed by atoms with Gasteiger partial charge in [-0.05, 0) is 25.0 Å². The zero-order valence-electron chi connectivity index (χ0n) is 10.8. The molecule has 1 fully saturated rings. The van der Waals surface area contributed by atoms with Crippen LogP contribution < -0.4 is 11.1 Å². The van der Waals surface area contributed by atoms with E-state index < -0.39 is 0 Å². The molecule has 1 heterocycles. The Kier molecular flexibility index (Phi) is 4.42. The number of carbonyl (C=O) groups excluding carboxylic acids is 1. The molecule has 0 aromatic carbocycles. The van der Waals surface area contributed by atoms with Crippen LogP contribution >= 0.6 is 0 Å². The molecule has 3 N–H and O–H groups in total. The van der Waals surface area contributed by atoms with Gasteiger partial charge in [-0.15, -0.1) is 0 Å². The van der Waals surface area contributed by atoms with E-state index >= 15 is 0 Å². The molecular formula is C14H22N2O2. The molecular weight excluding hydrogens is 228 g/mol. The summed E-state index contributed by atoms with van der Waals surface area (Å²) in [5.41, 5.74) is 5.52. The van der Waals surface area contributed by atoms with E-state index in [0.29, 0.717) is 13.1 Å². The first kappa shape index (κ1) is 13.1. The maximum atomic E-state index is 12.4. The van der Waals surface area contributed by atoms with E-state index in [2.05, 4.69) is 5.32 Å². The predicted molar refractivity (Wildman–Crippen MR) is 69.7 cm³/mol. The summed E-state index contributed by atoms with van der Waals surface area (Å²) in [4.78, 5) is 12.4. The lowest BCUT2D eigenvalue weighted by atomic mass is 9.79. The standard InChI is InChI=1S/C14H22N2O2/c15-11-14(7-3-1-2-4-8-14)13(17)16-10-12-6-5-9-18-12/h5-6,9H,1-4,7-8,10-11,15H2,(H,16,17). The Balaban J connectivity index is 1.95. The number of carbonyl (C=O) groups is 1. The SMILES string of the molecule is NCC1(C(=O)NCc2ccco2)CCCCCC1. The number of nitrogens with two attached hydrogens (primary N) is 1. The Morgan fingerprint density at radius 1 is 1.33 bits per heavy atom. The average molecular weight is 250 g/mol. The summed E-state index contributed by atoms with van der Waals surface area (Å²) in [6.07, 6.45) is 8.07. The van der Waals surface area contributed by atoms with Crippen LogP contribution in [0.3, 0.4) is 0 Å². The van der Waals surface area contributed by atoms with Crippen LogP contribution in [-0.2, 0) is 11.3 Å². The Labute approximate surface area is 108 Å². The third-order valence-corrected chi connectivity index (χ3v) is 3.94. The molecule has 0 bridgehead atoms. The minimum absolute atomic E-state index is 0.0864. The van der Waals surface area contributed by atoms with Crippen molar-refractivity contribution >= 4 is 5.91 Å². The van der Waals surface area contributed by atoms with Gasteiger partial charge in [-0.3, -0.25) is 4.79 Å². The Morgan fingerprint density at radius 3 is 2.61 bits per heavy atom. The van der Waals surface area contributed by atoms with Gasteiger partial charge in [-0.25, -0.2) is 0 Å². The highest BCUT2D eigenvalue weighted by Gasteiger charge is 2.36. The highest BCUT2D eigenvalue weighted by atomic mass is 16.3. The van der Waals surface area contributed by atoms with Gasteiger partial charge in [-0.1, -0.05) is 25.7 Å². The Hall–Kier alpha value is -1.29. The summed E-state index contributed by atoms with van der Waals surface area (Å²) in [6, 6.07) is 3.69. The normalized spacial score (nSPS) is 19.2. The van der Waals surface area contributed by atoms with Crippen molar-refractivity contribution in [2.45, 2.75) is 45.1 Å². The fourth-order valence-corrected chi connectivity index (χ4v) is 2.70. The first-order valence-electron chi connectivity index (χ1n) is 6.78. The fraction of sp³-hybridized carbons (Fsp3) is 0.643. The van der Waals surface area contributed by atoms with E-state index in [1.54, 1.807) is 6.26 Å². The second-order valence-corrected chi connectivity index (χ2v) is 5.16. The topological polar surface area (TPSA) is 68.3 Å². The van der Waals surface area contributed by atoms with Gasteiger partial charge in [0.2, 0.25) is 5.91 Å². The Bertz CT molecular complexity index is 365. The second kappa shape index (κ2) is 6.05. The third-order valence-electron chi connectivity index (χ3n) is 3.94. The summed E-state index contributed by atoms with van der Waals surface area (Å²) in [5.74, 6) is 0.868. The van der Waals surface area contributed by atoms with Crippen LogP contribution in [0, 0.1) is 5.41 Å². The van der Waals surface area contributed by atoms with E-state index in [1.165, 1.54) is 12.8 Å². The van der Waals surface area contributed by atoms with Crippen LogP contribution in [0.25, 0.3) is 0 Å². The molecule has 4 heteroatoms.